The quantitative estimate of drug-likeness (QED) is 0.204. The Bertz CT molecular complexity index is 957. The fourth-order valence-corrected chi connectivity index (χ4v) is 2.49. The molecule has 0 bridgehead atoms. The summed E-state index contributed by atoms with van der Waals surface area (Å²) in [5.41, 5.74) is 1.52. The SMILES string of the molecule is COC(=O)C(C#N)=Cc1ccc(OC(=O)CCCOc2ccc(C)cc2)c(OC)c1. The van der Waals surface area contributed by atoms with Crippen LogP contribution in [0.15, 0.2) is 48.0 Å². The molecule has 7 heteroatoms. The molecule has 0 unspecified atom stereocenters. The number of esters is 2. The van der Waals surface area contributed by atoms with E-state index in [1.807, 2.05) is 31.2 Å². The van der Waals surface area contributed by atoms with Gasteiger partial charge in [0.1, 0.15) is 17.4 Å². The molecule has 0 N–H and O–H groups in total. The van der Waals surface area contributed by atoms with E-state index in [2.05, 4.69) is 4.74 Å². The van der Waals surface area contributed by atoms with Crippen molar-refractivity contribution >= 4 is 18.0 Å². The van der Waals surface area contributed by atoms with Crippen molar-refractivity contribution in [3.63, 3.8) is 0 Å². The molecule has 0 aromatic heterocycles. The lowest BCUT2D eigenvalue weighted by molar-refractivity contribution is -0.136. The van der Waals surface area contributed by atoms with Crippen molar-refractivity contribution in [1.29, 1.82) is 5.26 Å². The van der Waals surface area contributed by atoms with E-state index in [1.165, 1.54) is 26.4 Å². The van der Waals surface area contributed by atoms with Crippen molar-refractivity contribution in [2.45, 2.75) is 19.8 Å². The molecule has 0 aliphatic rings. The zero-order valence-electron chi connectivity index (χ0n) is 17.1. The van der Waals surface area contributed by atoms with Gasteiger partial charge in [0.25, 0.3) is 0 Å². The highest BCUT2D eigenvalue weighted by Crippen LogP contribution is 2.29. The van der Waals surface area contributed by atoms with Crippen molar-refractivity contribution in [2.24, 2.45) is 0 Å². The second-order valence-electron chi connectivity index (χ2n) is 6.31. The molecule has 2 rings (SSSR count). The third-order valence-corrected chi connectivity index (χ3v) is 4.06. The number of carbonyl (C=O) groups excluding carboxylic acids is 2. The summed E-state index contributed by atoms with van der Waals surface area (Å²) in [5.74, 6) is 0.144. The van der Waals surface area contributed by atoms with Gasteiger partial charge in [0.15, 0.2) is 11.5 Å². The topological polar surface area (TPSA) is 94.9 Å². The minimum Gasteiger partial charge on any atom is -0.494 e. The molecule has 2 aromatic rings. The predicted molar refractivity (Wildman–Crippen MR) is 110 cm³/mol. The van der Waals surface area contributed by atoms with Gasteiger partial charge in [-0.05, 0) is 49.2 Å². The van der Waals surface area contributed by atoms with Crippen molar-refractivity contribution < 1.29 is 28.5 Å². The summed E-state index contributed by atoms with van der Waals surface area (Å²) in [4.78, 5) is 23.6. The van der Waals surface area contributed by atoms with Gasteiger partial charge in [-0.3, -0.25) is 4.79 Å². The molecule has 0 spiro atoms. The number of nitriles is 1. The van der Waals surface area contributed by atoms with Gasteiger partial charge in [-0.25, -0.2) is 4.79 Å². The monoisotopic (exact) mass is 409 g/mol. The number of hydrogen-bond donors (Lipinski definition) is 0. The Morgan fingerprint density at radius 3 is 2.43 bits per heavy atom. The van der Waals surface area contributed by atoms with Gasteiger partial charge < -0.3 is 18.9 Å². The summed E-state index contributed by atoms with van der Waals surface area (Å²) >= 11 is 0. The Morgan fingerprint density at radius 2 is 1.80 bits per heavy atom. The number of rotatable bonds is 9. The summed E-state index contributed by atoms with van der Waals surface area (Å²) in [7, 11) is 2.63. The predicted octanol–water partition coefficient (Wildman–Crippen LogP) is 3.85. The molecule has 0 aliphatic carbocycles. The minimum absolute atomic E-state index is 0.155. The summed E-state index contributed by atoms with van der Waals surface area (Å²) < 4.78 is 20.8. The van der Waals surface area contributed by atoms with E-state index in [1.54, 1.807) is 18.2 Å². The first-order valence-corrected chi connectivity index (χ1v) is 9.25. The number of ether oxygens (including phenoxy) is 4. The smallest absolute Gasteiger partial charge is 0.348 e. The fraction of sp³-hybridized carbons (Fsp3) is 0.261. The van der Waals surface area contributed by atoms with Crippen molar-refractivity contribution in [1.82, 2.24) is 0 Å². The second-order valence-corrected chi connectivity index (χ2v) is 6.31. The lowest BCUT2D eigenvalue weighted by Gasteiger charge is -2.10. The first-order chi connectivity index (χ1) is 14.5. The Balaban J connectivity index is 1.93. The molecular weight excluding hydrogens is 386 g/mol. The van der Waals surface area contributed by atoms with Gasteiger partial charge in [0.2, 0.25) is 0 Å². The highest BCUT2D eigenvalue weighted by Gasteiger charge is 2.13. The standard InChI is InChI=1S/C23H23NO6/c1-16-6-9-19(10-7-16)29-12-4-5-22(25)30-20-11-8-17(14-21(20)27-2)13-18(15-24)23(26)28-3/h6-11,13-14H,4-5,12H2,1-3H3. The third-order valence-electron chi connectivity index (χ3n) is 4.06. The van der Waals surface area contributed by atoms with E-state index in [-0.39, 0.29) is 17.7 Å². The normalized spacial score (nSPS) is 10.7. The second kappa shape index (κ2) is 11.3. The average Bonchev–Trinajstić information content (AvgIpc) is 2.76. The highest BCUT2D eigenvalue weighted by atomic mass is 16.6. The largest absolute Gasteiger partial charge is 0.494 e. The van der Waals surface area contributed by atoms with E-state index in [0.717, 1.165) is 11.3 Å². The molecule has 0 amide bonds. The van der Waals surface area contributed by atoms with E-state index in [4.69, 9.17) is 19.5 Å². The maximum absolute atomic E-state index is 12.1. The molecule has 0 heterocycles. The van der Waals surface area contributed by atoms with Crippen molar-refractivity contribution in [3.05, 3.63) is 59.2 Å². The molecule has 0 saturated carbocycles. The van der Waals surface area contributed by atoms with Gasteiger partial charge in [-0.1, -0.05) is 23.8 Å². The molecule has 0 atom stereocenters. The number of carbonyl (C=O) groups is 2. The van der Waals surface area contributed by atoms with E-state index in [9.17, 15) is 9.59 Å². The molecule has 0 fully saturated rings. The molecule has 0 aliphatic heterocycles. The van der Waals surface area contributed by atoms with E-state index in [0.29, 0.717) is 24.3 Å². The Labute approximate surface area is 175 Å². The number of nitrogens with zero attached hydrogens (tertiary/aromatic N) is 1. The minimum atomic E-state index is -0.736. The molecule has 30 heavy (non-hydrogen) atoms. The molecular formula is C23H23NO6. The molecule has 7 nitrogen and oxygen atoms in total. The number of benzene rings is 2. The number of aryl methyl sites for hydroxylation is 1. The van der Waals surface area contributed by atoms with Crippen LogP contribution in [0.4, 0.5) is 0 Å². The van der Waals surface area contributed by atoms with Crippen LogP contribution in [0, 0.1) is 18.3 Å². The van der Waals surface area contributed by atoms with Crippen LogP contribution in [0.2, 0.25) is 0 Å². The summed E-state index contributed by atoms with van der Waals surface area (Å²) in [6.07, 6.45) is 2.04. The summed E-state index contributed by atoms with van der Waals surface area (Å²) in [6, 6.07) is 14.2. The molecule has 2 aromatic carbocycles. The first kappa shape index (κ1) is 22.5. The summed E-state index contributed by atoms with van der Waals surface area (Å²) in [5, 5.41) is 9.05. The molecule has 156 valence electrons. The zero-order valence-corrected chi connectivity index (χ0v) is 17.1. The van der Waals surface area contributed by atoms with Crippen molar-refractivity contribution in [2.75, 3.05) is 20.8 Å². The number of methoxy groups -OCH3 is 2. The van der Waals surface area contributed by atoms with Crippen LogP contribution >= 0.6 is 0 Å². The fourth-order valence-electron chi connectivity index (χ4n) is 2.49. The van der Waals surface area contributed by atoms with Crippen LogP contribution in [-0.2, 0) is 14.3 Å². The average molecular weight is 409 g/mol. The van der Waals surface area contributed by atoms with E-state index < -0.39 is 11.9 Å². The zero-order chi connectivity index (χ0) is 21.9. The van der Waals surface area contributed by atoms with Crippen LogP contribution in [0.3, 0.4) is 0 Å². The number of hydrogen-bond acceptors (Lipinski definition) is 7. The van der Waals surface area contributed by atoms with Gasteiger partial charge in [0.05, 0.1) is 20.8 Å². The van der Waals surface area contributed by atoms with Gasteiger partial charge in [0, 0.05) is 6.42 Å². The van der Waals surface area contributed by atoms with Gasteiger partial charge in [-0.2, -0.15) is 5.26 Å². The van der Waals surface area contributed by atoms with Gasteiger partial charge in [-0.15, -0.1) is 0 Å². The van der Waals surface area contributed by atoms with Crippen molar-refractivity contribution in [3.8, 4) is 23.3 Å². The first-order valence-electron chi connectivity index (χ1n) is 9.25. The lowest BCUT2D eigenvalue weighted by Crippen LogP contribution is -2.10. The van der Waals surface area contributed by atoms with Crippen LogP contribution in [0.5, 0.6) is 17.2 Å². The van der Waals surface area contributed by atoms with Gasteiger partial charge >= 0.3 is 11.9 Å². The molecule has 0 radical (unpaired) electrons. The maximum atomic E-state index is 12.1. The Kier molecular flexibility index (Phi) is 8.45. The summed E-state index contributed by atoms with van der Waals surface area (Å²) in [6.45, 7) is 2.39. The lowest BCUT2D eigenvalue weighted by atomic mass is 10.1. The third kappa shape index (κ3) is 6.67. The van der Waals surface area contributed by atoms with Crippen LogP contribution < -0.4 is 14.2 Å². The van der Waals surface area contributed by atoms with Crippen LogP contribution in [0.1, 0.15) is 24.0 Å². The van der Waals surface area contributed by atoms with Crippen LogP contribution in [0.25, 0.3) is 6.08 Å². The molecule has 0 saturated heterocycles. The highest BCUT2D eigenvalue weighted by molar-refractivity contribution is 5.97. The van der Waals surface area contributed by atoms with E-state index >= 15 is 0 Å². The Hall–Kier alpha value is -3.79. The maximum Gasteiger partial charge on any atom is 0.348 e. The van der Waals surface area contributed by atoms with Crippen LogP contribution in [-0.4, -0.2) is 32.8 Å². The Morgan fingerprint density at radius 1 is 1.07 bits per heavy atom.